The highest BCUT2D eigenvalue weighted by Crippen LogP contribution is 2.39. The number of esters is 1. The summed E-state index contributed by atoms with van der Waals surface area (Å²) in [6.07, 6.45) is -4.25. The van der Waals surface area contributed by atoms with Gasteiger partial charge in [-0.2, -0.15) is 0 Å². The number of carbonyl (C=O) groups excluding carboxylic acids is 2. The lowest BCUT2D eigenvalue weighted by Gasteiger charge is -2.47. The van der Waals surface area contributed by atoms with Gasteiger partial charge in [0.2, 0.25) is 11.8 Å². The number of ether oxygens (including phenoxy) is 3. The minimum Gasteiger partial charge on any atom is -0.461 e. The predicted octanol–water partition coefficient (Wildman–Crippen LogP) is 2.65. The third-order valence-corrected chi connectivity index (χ3v) is 9.55. The number of aliphatic hydroxyl groups is 2. The summed E-state index contributed by atoms with van der Waals surface area (Å²) in [6, 6.07) is -0.251. The van der Waals surface area contributed by atoms with Crippen LogP contribution in [0.4, 0.5) is 8.78 Å². The van der Waals surface area contributed by atoms with E-state index in [2.05, 4.69) is 10.2 Å². The van der Waals surface area contributed by atoms with Crippen molar-refractivity contribution in [2.24, 2.45) is 23.7 Å². The summed E-state index contributed by atoms with van der Waals surface area (Å²) in [5, 5.41) is 26.3. The summed E-state index contributed by atoms with van der Waals surface area (Å²) in [5.74, 6) is -5.99. The van der Waals surface area contributed by atoms with Crippen LogP contribution < -0.4 is 5.32 Å². The van der Waals surface area contributed by atoms with Crippen LogP contribution >= 0.6 is 0 Å². The Morgan fingerprint density at radius 3 is 2.40 bits per heavy atom. The number of nitrogens with zero attached hydrogens (tertiary/aromatic N) is 2. The molecule has 0 spiro atoms. The Hall–Kier alpha value is -1.44. The molecule has 1 saturated carbocycles. The third-order valence-electron chi connectivity index (χ3n) is 9.55. The van der Waals surface area contributed by atoms with Gasteiger partial charge in [-0.3, -0.25) is 9.59 Å². The summed E-state index contributed by atoms with van der Waals surface area (Å²) in [7, 11) is 5.69. The molecule has 3 rings (SSSR count). The smallest absolute Gasteiger partial charge is 0.309 e. The molecule has 0 radical (unpaired) electrons. The van der Waals surface area contributed by atoms with E-state index >= 15 is 0 Å². The van der Waals surface area contributed by atoms with Gasteiger partial charge in [0, 0.05) is 44.4 Å². The first-order valence-corrected chi connectivity index (χ1v) is 15.8. The van der Waals surface area contributed by atoms with E-state index in [1.54, 1.807) is 20.8 Å². The van der Waals surface area contributed by atoms with Crippen LogP contribution in [0.1, 0.15) is 73.1 Å². The van der Waals surface area contributed by atoms with E-state index in [4.69, 9.17) is 14.2 Å². The van der Waals surface area contributed by atoms with E-state index in [0.29, 0.717) is 32.5 Å². The molecule has 0 aromatic heterocycles. The zero-order valence-corrected chi connectivity index (χ0v) is 27.2. The van der Waals surface area contributed by atoms with Crippen molar-refractivity contribution in [3.05, 3.63) is 0 Å². The number of hydrogen-bond donors (Lipinski definition) is 3. The number of halogens is 2. The van der Waals surface area contributed by atoms with Crippen LogP contribution in [0, 0.1) is 23.7 Å². The van der Waals surface area contributed by atoms with Crippen molar-refractivity contribution in [3.63, 3.8) is 0 Å². The molecule has 10 atom stereocenters. The van der Waals surface area contributed by atoms with Gasteiger partial charge in [-0.15, -0.1) is 0 Å². The highest BCUT2D eigenvalue weighted by atomic mass is 19.3. The van der Waals surface area contributed by atoms with E-state index in [-0.39, 0.29) is 36.8 Å². The van der Waals surface area contributed by atoms with Crippen LogP contribution in [0.5, 0.6) is 0 Å². The highest BCUT2D eigenvalue weighted by molar-refractivity contribution is 5.80. The minimum atomic E-state index is -2.80. The average Bonchev–Trinajstić information content (AvgIpc) is 2.89. The molecular formula is C31H55F2N3O7. The van der Waals surface area contributed by atoms with Gasteiger partial charge < -0.3 is 39.5 Å². The molecule has 1 amide bonds. The van der Waals surface area contributed by atoms with E-state index in [1.165, 1.54) is 0 Å². The predicted molar refractivity (Wildman–Crippen MR) is 157 cm³/mol. The van der Waals surface area contributed by atoms with Crippen LogP contribution in [0.25, 0.3) is 0 Å². The normalized spacial score (nSPS) is 41.0. The van der Waals surface area contributed by atoms with E-state index < -0.39 is 72.7 Å². The lowest BCUT2D eigenvalue weighted by molar-refractivity contribution is -0.299. The summed E-state index contributed by atoms with van der Waals surface area (Å²) in [6.45, 7) is 10.7. The van der Waals surface area contributed by atoms with E-state index in [0.717, 1.165) is 0 Å². The Bertz CT molecular complexity index is 929. The fourth-order valence-corrected chi connectivity index (χ4v) is 7.17. The number of hydrogen-bond acceptors (Lipinski definition) is 9. The molecule has 10 nitrogen and oxygen atoms in total. The van der Waals surface area contributed by atoms with Gasteiger partial charge in [0.25, 0.3) is 0 Å². The van der Waals surface area contributed by atoms with Crippen molar-refractivity contribution in [1.29, 1.82) is 0 Å². The second kappa shape index (κ2) is 14.8. The Labute approximate surface area is 255 Å². The number of likely N-dealkylation sites (N-methyl/N-ethyl adjacent to an activating group) is 2. The number of amides is 1. The molecule has 43 heavy (non-hydrogen) atoms. The first kappa shape index (κ1) is 36.0. The maximum atomic E-state index is 13.8. The minimum absolute atomic E-state index is 0.000916. The second-order valence-corrected chi connectivity index (χ2v) is 14.0. The maximum absolute atomic E-state index is 13.8. The molecule has 3 N–H and O–H groups in total. The van der Waals surface area contributed by atoms with Crippen LogP contribution in [0.15, 0.2) is 0 Å². The van der Waals surface area contributed by atoms with Crippen molar-refractivity contribution >= 4 is 11.9 Å². The first-order chi connectivity index (χ1) is 19.9. The Morgan fingerprint density at radius 1 is 1.16 bits per heavy atom. The fraction of sp³-hybridized carbons (Fsp3) is 0.935. The molecule has 0 aromatic rings. The second-order valence-electron chi connectivity index (χ2n) is 14.0. The van der Waals surface area contributed by atoms with E-state index in [1.807, 2.05) is 39.9 Å². The van der Waals surface area contributed by atoms with Crippen LogP contribution in [0.3, 0.4) is 0 Å². The van der Waals surface area contributed by atoms with Gasteiger partial charge >= 0.3 is 5.97 Å². The van der Waals surface area contributed by atoms with Crippen LogP contribution in [0.2, 0.25) is 0 Å². The molecule has 0 aromatic carbocycles. The Kier molecular flexibility index (Phi) is 12.4. The molecule has 2 heterocycles. The average molecular weight is 620 g/mol. The standard InChI is InChI=1S/C31H55F2N3O7/c1-18-16-30(5,40)26(43-29-24(37)23(35(6)7)15-19(2)41-29)20(3)25(21(4)27(38)34-13-14-36(8)17-18)42-28(39)22-9-11-31(32,33)12-10-22/h18-26,29,37,40H,9-17H2,1-8H3,(H,34,38)/t18-,19-,20+,21-,23+,24-,25+,26-,29+,30-/m1/s1. The number of carbonyl (C=O) groups is 2. The molecule has 250 valence electrons. The van der Waals surface area contributed by atoms with Crippen molar-refractivity contribution < 1.29 is 42.8 Å². The fourth-order valence-electron chi connectivity index (χ4n) is 7.17. The molecule has 0 bridgehead atoms. The molecule has 1 aliphatic carbocycles. The summed E-state index contributed by atoms with van der Waals surface area (Å²) in [5.41, 5.74) is -1.47. The lowest BCUT2D eigenvalue weighted by atomic mass is 9.77. The van der Waals surface area contributed by atoms with Gasteiger partial charge in [0.15, 0.2) is 6.29 Å². The van der Waals surface area contributed by atoms with Gasteiger partial charge in [-0.05, 0) is 66.6 Å². The third kappa shape index (κ3) is 9.53. The SMILES string of the molecule is C[C@H]1CN(C)CCNC(=O)[C@H](C)[C@@H](OC(=O)C2CCC(F)(F)CC2)[C@H](C)[C@@H](O[C@@H]2O[C@H](C)C[C@H](N(C)C)[C@H]2O)[C@](C)(O)C1. The zero-order valence-electron chi connectivity index (χ0n) is 27.2. The largest absolute Gasteiger partial charge is 0.461 e. The van der Waals surface area contributed by atoms with Crippen molar-refractivity contribution in [1.82, 2.24) is 15.1 Å². The van der Waals surface area contributed by atoms with Crippen molar-refractivity contribution in [2.45, 2.75) is 121 Å². The van der Waals surface area contributed by atoms with Gasteiger partial charge in [0.05, 0.1) is 29.6 Å². The van der Waals surface area contributed by atoms with Gasteiger partial charge in [0.1, 0.15) is 12.2 Å². The molecule has 12 heteroatoms. The number of nitrogens with one attached hydrogen (secondary N) is 1. The topological polar surface area (TPSA) is 121 Å². The zero-order chi connectivity index (χ0) is 32.3. The van der Waals surface area contributed by atoms with Gasteiger partial charge in [-0.1, -0.05) is 20.8 Å². The summed E-state index contributed by atoms with van der Waals surface area (Å²) in [4.78, 5) is 30.7. The molecule has 3 fully saturated rings. The van der Waals surface area contributed by atoms with Gasteiger partial charge in [-0.25, -0.2) is 8.78 Å². The van der Waals surface area contributed by atoms with E-state index in [9.17, 15) is 28.6 Å². The summed E-state index contributed by atoms with van der Waals surface area (Å²) >= 11 is 0. The number of rotatable bonds is 5. The van der Waals surface area contributed by atoms with Crippen molar-refractivity contribution in [3.8, 4) is 0 Å². The van der Waals surface area contributed by atoms with Crippen LogP contribution in [-0.2, 0) is 23.8 Å². The molecule has 2 aliphatic heterocycles. The Balaban J connectivity index is 1.98. The Morgan fingerprint density at radius 2 is 1.79 bits per heavy atom. The molecule has 2 saturated heterocycles. The summed E-state index contributed by atoms with van der Waals surface area (Å²) < 4.78 is 46.3. The quantitative estimate of drug-likeness (QED) is 0.399. The molecule has 0 unspecified atom stereocenters. The lowest BCUT2D eigenvalue weighted by Crippen LogP contribution is -2.59. The molecule has 3 aliphatic rings. The number of alkyl halides is 2. The monoisotopic (exact) mass is 619 g/mol. The molecular weight excluding hydrogens is 564 g/mol. The number of aliphatic hydroxyl groups excluding tert-OH is 1. The van der Waals surface area contributed by atoms with Crippen molar-refractivity contribution in [2.75, 3.05) is 40.8 Å². The van der Waals surface area contributed by atoms with Crippen LogP contribution in [-0.4, -0.2) is 121 Å². The first-order valence-electron chi connectivity index (χ1n) is 15.8. The highest BCUT2D eigenvalue weighted by Gasteiger charge is 2.49. The maximum Gasteiger partial charge on any atom is 0.309 e.